The van der Waals surface area contributed by atoms with E-state index in [1.165, 1.54) is 18.4 Å². The maximum Gasteiger partial charge on any atom is 0.152 e. The van der Waals surface area contributed by atoms with E-state index in [0.29, 0.717) is 6.04 Å². The van der Waals surface area contributed by atoms with Gasteiger partial charge in [0.15, 0.2) is 5.82 Å². The van der Waals surface area contributed by atoms with Gasteiger partial charge in [-0.1, -0.05) is 6.92 Å². The summed E-state index contributed by atoms with van der Waals surface area (Å²) >= 11 is 0. The number of nitrogens with one attached hydrogen (secondary N) is 1. The lowest BCUT2D eigenvalue weighted by atomic mass is 10.1. The molecule has 0 spiro atoms. The second kappa shape index (κ2) is 5.79. The Morgan fingerprint density at radius 3 is 3.05 bits per heavy atom. The molecule has 0 saturated heterocycles. The molecule has 1 atom stereocenters. The van der Waals surface area contributed by atoms with E-state index >= 15 is 0 Å². The van der Waals surface area contributed by atoms with E-state index < -0.39 is 0 Å². The number of hydrogen-bond acceptors (Lipinski definition) is 3. The molecule has 1 unspecified atom stereocenters. The molecule has 20 heavy (non-hydrogen) atoms. The predicted molar refractivity (Wildman–Crippen MR) is 78.6 cm³/mol. The van der Waals surface area contributed by atoms with Crippen molar-refractivity contribution in [2.45, 2.75) is 51.7 Å². The Morgan fingerprint density at radius 1 is 1.35 bits per heavy atom. The third kappa shape index (κ3) is 2.50. The first-order valence-corrected chi connectivity index (χ1v) is 7.55. The molecule has 0 bridgehead atoms. The van der Waals surface area contributed by atoms with Gasteiger partial charge >= 0.3 is 0 Å². The second-order valence-corrected chi connectivity index (χ2v) is 5.51. The Morgan fingerprint density at radius 2 is 2.25 bits per heavy atom. The van der Waals surface area contributed by atoms with Gasteiger partial charge in [-0.2, -0.15) is 0 Å². The Hall–Kier alpha value is -1.62. The van der Waals surface area contributed by atoms with Crippen molar-refractivity contribution < 1.29 is 0 Å². The lowest BCUT2D eigenvalue weighted by Crippen LogP contribution is -2.15. The normalized spacial score (nSPS) is 16.1. The van der Waals surface area contributed by atoms with Crippen molar-refractivity contribution >= 4 is 0 Å². The maximum absolute atomic E-state index is 4.36. The number of rotatable bonds is 5. The van der Waals surface area contributed by atoms with Gasteiger partial charge in [0, 0.05) is 31.4 Å². The minimum atomic E-state index is 0.434. The zero-order valence-electron chi connectivity index (χ0n) is 12.3. The molecule has 0 aliphatic carbocycles. The Bertz CT molecular complexity index is 565. The van der Waals surface area contributed by atoms with Crippen molar-refractivity contribution in [1.82, 2.24) is 24.6 Å². The van der Waals surface area contributed by atoms with E-state index in [4.69, 9.17) is 0 Å². The van der Waals surface area contributed by atoms with Crippen molar-refractivity contribution in [1.29, 1.82) is 0 Å². The van der Waals surface area contributed by atoms with Crippen LogP contribution in [0.1, 0.15) is 49.4 Å². The summed E-state index contributed by atoms with van der Waals surface area (Å²) in [5, 5.41) is 12.0. The van der Waals surface area contributed by atoms with E-state index in [2.05, 4.69) is 50.0 Å². The monoisotopic (exact) mass is 273 g/mol. The van der Waals surface area contributed by atoms with Gasteiger partial charge in [0.25, 0.3) is 0 Å². The molecule has 5 nitrogen and oxygen atoms in total. The summed E-state index contributed by atoms with van der Waals surface area (Å²) in [5.74, 6) is 2.24. The topological polar surface area (TPSA) is 47.7 Å². The van der Waals surface area contributed by atoms with Crippen LogP contribution in [0, 0.1) is 0 Å². The van der Waals surface area contributed by atoms with E-state index in [1.807, 2.05) is 7.05 Å². The first-order chi connectivity index (χ1) is 9.81. The standard InChI is InChI=1S/C15H23N5/c1-3-13(16-2)12-7-9-19(10-12)11-15-18-17-14-6-4-5-8-20(14)15/h7,9-10,13,16H,3-6,8,11H2,1-2H3. The lowest BCUT2D eigenvalue weighted by molar-refractivity contribution is 0.501. The molecule has 3 heterocycles. The molecule has 0 amide bonds. The third-order valence-corrected chi connectivity index (χ3v) is 4.19. The molecule has 5 heteroatoms. The summed E-state index contributed by atoms with van der Waals surface area (Å²) in [6, 6.07) is 2.63. The minimum absolute atomic E-state index is 0.434. The van der Waals surface area contributed by atoms with Crippen LogP contribution >= 0.6 is 0 Å². The highest BCUT2D eigenvalue weighted by Gasteiger charge is 2.16. The fourth-order valence-electron chi connectivity index (χ4n) is 3.02. The largest absolute Gasteiger partial charge is 0.346 e. The summed E-state index contributed by atoms with van der Waals surface area (Å²) in [4.78, 5) is 0. The highest BCUT2D eigenvalue weighted by molar-refractivity contribution is 5.16. The van der Waals surface area contributed by atoms with E-state index in [-0.39, 0.29) is 0 Å². The zero-order valence-corrected chi connectivity index (χ0v) is 12.3. The van der Waals surface area contributed by atoms with E-state index in [0.717, 1.165) is 37.6 Å². The smallest absolute Gasteiger partial charge is 0.152 e. The number of aryl methyl sites for hydroxylation is 1. The molecular formula is C15H23N5. The molecule has 0 saturated carbocycles. The average molecular weight is 273 g/mol. The van der Waals surface area contributed by atoms with Crippen LogP contribution in [0.2, 0.25) is 0 Å². The molecule has 108 valence electrons. The van der Waals surface area contributed by atoms with Crippen LogP contribution in [0.5, 0.6) is 0 Å². The number of nitrogens with zero attached hydrogens (tertiary/aromatic N) is 4. The summed E-state index contributed by atoms with van der Waals surface area (Å²) in [5.41, 5.74) is 1.34. The molecule has 1 aliphatic heterocycles. The van der Waals surface area contributed by atoms with Gasteiger partial charge < -0.3 is 14.5 Å². The molecule has 0 fully saturated rings. The van der Waals surface area contributed by atoms with E-state index in [1.54, 1.807) is 0 Å². The van der Waals surface area contributed by atoms with Crippen molar-refractivity contribution in [3.63, 3.8) is 0 Å². The minimum Gasteiger partial charge on any atom is -0.346 e. The first-order valence-electron chi connectivity index (χ1n) is 7.55. The van der Waals surface area contributed by atoms with Gasteiger partial charge in [-0.15, -0.1) is 10.2 Å². The van der Waals surface area contributed by atoms with Gasteiger partial charge in [0.1, 0.15) is 5.82 Å². The average Bonchev–Trinajstić information content (AvgIpc) is 3.09. The Kier molecular flexibility index (Phi) is 3.87. The maximum atomic E-state index is 4.36. The molecule has 3 rings (SSSR count). The van der Waals surface area contributed by atoms with Crippen LogP contribution < -0.4 is 5.32 Å². The fourth-order valence-corrected chi connectivity index (χ4v) is 3.02. The van der Waals surface area contributed by atoms with Gasteiger partial charge in [0.05, 0.1) is 6.54 Å². The van der Waals surface area contributed by atoms with Crippen molar-refractivity contribution in [3.05, 3.63) is 35.7 Å². The van der Waals surface area contributed by atoms with Gasteiger partial charge in [-0.25, -0.2) is 0 Å². The van der Waals surface area contributed by atoms with Gasteiger partial charge in [0.2, 0.25) is 0 Å². The SMILES string of the molecule is CCC(NC)c1ccn(Cc2nnc3n2CCCC3)c1. The third-order valence-electron chi connectivity index (χ3n) is 4.19. The van der Waals surface area contributed by atoms with Crippen LogP contribution in [-0.4, -0.2) is 26.4 Å². The van der Waals surface area contributed by atoms with Crippen LogP contribution in [0.15, 0.2) is 18.5 Å². The summed E-state index contributed by atoms with van der Waals surface area (Å²) < 4.78 is 4.50. The van der Waals surface area contributed by atoms with Crippen molar-refractivity contribution in [2.24, 2.45) is 0 Å². The molecule has 0 aromatic carbocycles. The van der Waals surface area contributed by atoms with E-state index in [9.17, 15) is 0 Å². The Balaban J connectivity index is 1.76. The van der Waals surface area contributed by atoms with Gasteiger partial charge in [-0.3, -0.25) is 0 Å². The number of hydrogen-bond donors (Lipinski definition) is 1. The predicted octanol–water partition coefficient (Wildman–Crippen LogP) is 2.13. The van der Waals surface area contributed by atoms with Crippen molar-refractivity contribution in [3.8, 4) is 0 Å². The molecule has 2 aromatic heterocycles. The number of fused-ring (bicyclic) bond motifs is 1. The molecule has 2 aromatic rings. The van der Waals surface area contributed by atoms with Crippen LogP contribution in [-0.2, 0) is 19.5 Å². The lowest BCUT2D eigenvalue weighted by Gasteiger charge is -2.15. The highest BCUT2D eigenvalue weighted by Crippen LogP contribution is 2.18. The Labute approximate surface area is 120 Å². The highest BCUT2D eigenvalue weighted by atomic mass is 15.3. The molecule has 1 aliphatic rings. The molecule has 0 radical (unpaired) electrons. The second-order valence-electron chi connectivity index (χ2n) is 5.51. The van der Waals surface area contributed by atoms with Crippen LogP contribution in [0.3, 0.4) is 0 Å². The first kappa shape index (κ1) is 13.4. The zero-order chi connectivity index (χ0) is 13.9. The summed E-state index contributed by atoms with van der Waals surface area (Å²) in [6.45, 7) is 4.08. The molecule has 1 N–H and O–H groups in total. The van der Waals surface area contributed by atoms with Crippen LogP contribution in [0.4, 0.5) is 0 Å². The van der Waals surface area contributed by atoms with Crippen molar-refractivity contribution in [2.75, 3.05) is 7.05 Å². The van der Waals surface area contributed by atoms with Crippen LogP contribution in [0.25, 0.3) is 0 Å². The van der Waals surface area contributed by atoms with Gasteiger partial charge in [-0.05, 0) is 37.9 Å². The fraction of sp³-hybridized carbons (Fsp3) is 0.600. The summed E-state index contributed by atoms with van der Waals surface area (Å²) in [7, 11) is 2.01. The summed E-state index contributed by atoms with van der Waals surface area (Å²) in [6.07, 6.45) is 9.01. The molecular weight excluding hydrogens is 250 g/mol. The quantitative estimate of drug-likeness (QED) is 0.908. The number of aromatic nitrogens is 4.